The number of hydrogen-bond acceptors (Lipinski definition) is 4. The highest BCUT2D eigenvalue weighted by molar-refractivity contribution is 6.42. The number of aliphatic carboxylic acids is 1. The molecule has 6 nitrogen and oxygen atoms in total. The number of carbonyl (C=O) groups excluding carboxylic acids is 2. The van der Waals surface area contributed by atoms with Crippen LogP contribution in [0.2, 0.25) is 10.0 Å². The summed E-state index contributed by atoms with van der Waals surface area (Å²) in [5.41, 5.74) is 0.396. The fourth-order valence-corrected chi connectivity index (χ4v) is 3.11. The summed E-state index contributed by atoms with van der Waals surface area (Å²) in [5.74, 6) is -2.75. The molecule has 0 saturated heterocycles. The van der Waals surface area contributed by atoms with E-state index in [-0.39, 0.29) is 17.2 Å². The largest absolute Gasteiger partial charge is 0.481 e. The van der Waals surface area contributed by atoms with E-state index in [1.165, 1.54) is 12.1 Å². The monoisotopic (exact) mass is 402 g/mol. The lowest BCUT2D eigenvalue weighted by Crippen LogP contribution is -2.44. The quantitative estimate of drug-likeness (QED) is 0.410. The molecule has 2 rings (SSSR count). The Morgan fingerprint density at radius 3 is 2.38 bits per heavy atom. The second-order valence-electron chi connectivity index (χ2n) is 7.57. The lowest BCUT2D eigenvalue weighted by Gasteiger charge is -2.28. The van der Waals surface area contributed by atoms with Crippen molar-refractivity contribution in [3.8, 4) is 0 Å². The summed E-state index contributed by atoms with van der Waals surface area (Å²) in [6, 6.07) is 4.59. The summed E-state index contributed by atoms with van der Waals surface area (Å²) in [5, 5.41) is 9.64. The first-order chi connectivity index (χ1) is 12.0. The van der Waals surface area contributed by atoms with Gasteiger partial charge in [-0.15, -0.1) is 0 Å². The fraction of sp³-hybridized carbons (Fsp3) is 0.500. The Morgan fingerprint density at radius 1 is 1.19 bits per heavy atom. The molecule has 142 valence electrons. The predicted molar refractivity (Wildman–Crippen MR) is 97.4 cm³/mol. The van der Waals surface area contributed by atoms with Crippen LogP contribution in [-0.4, -0.2) is 61.1 Å². The third-order valence-corrected chi connectivity index (χ3v) is 4.81. The van der Waals surface area contributed by atoms with Crippen molar-refractivity contribution in [3.63, 3.8) is 0 Å². The molecule has 0 unspecified atom stereocenters. The van der Waals surface area contributed by atoms with Crippen molar-refractivity contribution in [2.24, 2.45) is 11.8 Å². The molecule has 1 aliphatic carbocycles. The molecule has 0 radical (unpaired) electrons. The van der Waals surface area contributed by atoms with Crippen molar-refractivity contribution in [2.75, 3.05) is 27.7 Å². The highest BCUT2D eigenvalue weighted by atomic mass is 35.5. The number of rotatable bonds is 8. The normalized spacial score (nSPS) is 20.3. The Balaban J connectivity index is 1.99. The molecule has 1 aliphatic rings. The molecule has 1 saturated carbocycles. The van der Waals surface area contributed by atoms with Crippen LogP contribution in [0.3, 0.4) is 0 Å². The van der Waals surface area contributed by atoms with Gasteiger partial charge in [-0.2, -0.15) is 0 Å². The van der Waals surface area contributed by atoms with Gasteiger partial charge in [0.1, 0.15) is 6.54 Å². The summed E-state index contributed by atoms with van der Waals surface area (Å²) >= 11 is 11.8. The Labute approximate surface area is 162 Å². The second-order valence-corrected chi connectivity index (χ2v) is 8.39. The van der Waals surface area contributed by atoms with Crippen LogP contribution in [-0.2, 0) is 14.3 Å². The SMILES string of the molecule is C[N+](C)(C)C[C@H](CC(=O)O)OC(=O)[C@H]1C[C@@H]1C(=O)c1ccc(Cl)c(Cl)c1. The van der Waals surface area contributed by atoms with Crippen molar-refractivity contribution in [3.05, 3.63) is 33.8 Å². The molecule has 1 aromatic rings. The number of Topliss-reactive ketones (excluding diaryl/α,β-unsaturated/α-hetero) is 1. The number of carboxylic acid groups (broad SMARTS) is 1. The molecule has 1 fully saturated rings. The number of quaternary nitrogens is 1. The lowest BCUT2D eigenvalue weighted by atomic mass is 10.1. The van der Waals surface area contributed by atoms with E-state index in [0.29, 0.717) is 28.0 Å². The molecule has 0 aromatic heterocycles. The van der Waals surface area contributed by atoms with Gasteiger partial charge in [0.2, 0.25) is 0 Å². The van der Waals surface area contributed by atoms with Gasteiger partial charge in [-0.05, 0) is 24.6 Å². The number of esters is 1. The van der Waals surface area contributed by atoms with E-state index >= 15 is 0 Å². The molecule has 0 amide bonds. The minimum absolute atomic E-state index is 0.188. The van der Waals surface area contributed by atoms with Gasteiger partial charge in [-0.1, -0.05) is 23.2 Å². The van der Waals surface area contributed by atoms with E-state index in [4.69, 9.17) is 33.0 Å². The first kappa shape index (κ1) is 20.7. The van der Waals surface area contributed by atoms with Crippen LogP contribution in [0, 0.1) is 11.8 Å². The topological polar surface area (TPSA) is 80.7 Å². The van der Waals surface area contributed by atoms with Crippen LogP contribution in [0.15, 0.2) is 18.2 Å². The number of likely N-dealkylation sites (N-methyl/N-ethyl adjacent to an activating group) is 1. The molecule has 1 aromatic carbocycles. The number of carboxylic acids is 1. The molecule has 1 N–H and O–H groups in total. The van der Waals surface area contributed by atoms with E-state index in [1.54, 1.807) is 6.07 Å². The zero-order valence-electron chi connectivity index (χ0n) is 14.9. The fourth-order valence-electron chi connectivity index (χ4n) is 2.81. The first-order valence-corrected chi connectivity index (χ1v) is 8.95. The van der Waals surface area contributed by atoms with E-state index in [9.17, 15) is 14.4 Å². The number of ether oxygens (including phenoxy) is 1. The van der Waals surface area contributed by atoms with E-state index in [1.807, 2.05) is 21.1 Å². The average Bonchev–Trinajstić information content (AvgIpc) is 3.27. The van der Waals surface area contributed by atoms with Gasteiger partial charge in [0.15, 0.2) is 11.9 Å². The molecule has 3 atom stereocenters. The zero-order chi connectivity index (χ0) is 19.6. The predicted octanol–water partition coefficient (Wildman–Crippen LogP) is 2.90. The highest BCUT2D eigenvalue weighted by Gasteiger charge is 2.50. The van der Waals surface area contributed by atoms with Crippen molar-refractivity contribution in [2.45, 2.75) is 18.9 Å². The molecule has 26 heavy (non-hydrogen) atoms. The number of benzene rings is 1. The molecule has 8 heteroatoms. The Morgan fingerprint density at radius 2 is 1.85 bits per heavy atom. The number of nitrogens with zero attached hydrogens (tertiary/aromatic N) is 1. The Bertz CT molecular complexity index is 729. The maximum Gasteiger partial charge on any atom is 0.310 e. The summed E-state index contributed by atoms with van der Waals surface area (Å²) in [4.78, 5) is 35.8. The number of halogens is 2. The van der Waals surface area contributed by atoms with E-state index in [0.717, 1.165) is 0 Å². The summed E-state index contributed by atoms with van der Waals surface area (Å²) in [6.45, 7) is 0.371. The standard InChI is InChI=1S/C18H21Cl2NO5/c1-21(2,3)9-11(7-16(22)23)26-18(25)13-8-12(13)17(24)10-4-5-14(19)15(20)6-10/h4-6,11-13H,7-9H2,1-3H3/p+1/t11-,12-,13-/m0/s1. The molecule has 0 spiro atoms. The zero-order valence-corrected chi connectivity index (χ0v) is 16.4. The molecular formula is C18H22Cl2NO5+. The Hall–Kier alpha value is -1.63. The van der Waals surface area contributed by atoms with Crippen molar-refractivity contribution < 1.29 is 28.7 Å². The van der Waals surface area contributed by atoms with Crippen LogP contribution in [0.4, 0.5) is 0 Å². The van der Waals surface area contributed by atoms with Gasteiger partial charge in [-0.3, -0.25) is 14.4 Å². The lowest BCUT2D eigenvalue weighted by molar-refractivity contribution is -0.873. The molecule has 0 heterocycles. The third-order valence-electron chi connectivity index (χ3n) is 4.07. The molecular weight excluding hydrogens is 381 g/mol. The number of carbonyl (C=O) groups is 3. The van der Waals surface area contributed by atoms with Crippen molar-refractivity contribution in [1.29, 1.82) is 0 Å². The maximum atomic E-state index is 12.5. The van der Waals surface area contributed by atoms with Gasteiger partial charge in [0.25, 0.3) is 0 Å². The van der Waals surface area contributed by atoms with Crippen LogP contribution < -0.4 is 0 Å². The number of hydrogen-bond donors (Lipinski definition) is 1. The van der Waals surface area contributed by atoms with Crippen LogP contribution in [0.5, 0.6) is 0 Å². The summed E-state index contributed by atoms with van der Waals surface area (Å²) in [7, 11) is 5.66. The van der Waals surface area contributed by atoms with Crippen molar-refractivity contribution >= 4 is 40.9 Å². The van der Waals surface area contributed by atoms with Gasteiger partial charge in [0.05, 0.1) is 43.5 Å². The highest BCUT2D eigenvalue weighted by Crippen LogP contribution is 2.42. The molecule has 0 bridgehead atoms. The second kappa shape index (κ2) is 7.94. The summed E-state index contributed by atoms with van der Waals surface area (Å²) < 4.78 is 5.85. The van der Waals surface area contributed by atoms with Crippen LogP contribution >= 0.6 is 23.2 Å². The van der Waals surface area contributed by atoms with Gasteiger partial charge in [0, 0.05) is 11.5 Å². The Kier molecular flexibility index (Phi) is 6.32. The average molecular weight is 403 g/mol. The smallest absolute Gasteiger partial charge is 0.310 e. The molecule has 0 aliphatic heterocycles. The minimum Gasteiger partial charge on any atom is -0.481 e. The van der Waals surface area contributed by atoms with E-state index < -0.39 is 29.9 Å². The summed E-state index contributed by atoms with van der Waals surface area (Å²) in [6.07, 6.45) is -0.608. The minimum atomic E-state index is -1.03. The van der Waals surface area contributed by atoms with Gasteiger partial charge >= 0.3 is 11.9 Å². The van der Waals surface area contributed by atoms with Crippen LogP contribution in [0.1, 0.15) is 23.2 Å². The maximum absolute atomic E-state index is 12.5. The van der Waals surface area contributed by atoms with Gasteiger partial charge in [-0.25, -0.2) is 0 Å². The third kappa shape index (κ3) is 5.69. The van der Waals surface area contributed by atoms with Gasteiger partial charge < -0.3 is 14.3 Å². The van der Waals surface area contributed by atoms with E-state index in [2.05, 4.69) is 0 Å². The van der Waals surface area contributed by atoms with Crippen molar-refractivity contribution in [1.82, 2.24) is 0 Å². The van der Waals surface area contributed by atoms with Crippen LogP contribution in [0.25, 0.3) is 0 Å². The first-order valence-electron chi connectivity index (χ1n) is 8.20. The number of ketones is 1.